The van der Waals surface area contributed by atoms with Crippen LogP contribution < -0.4 is 16.0 Å². The van der Waals surface area contributed by atoms with Crippen LogP contribution in [0.4, 0.5) is 0 Å². The summed E-state index contributed by atoms with van der Waals surface area (Å²) in [5.74, 6) is -2.96. The normalized spacial score (nSPS) is 22.0. The molecule has 46 heavy (non-hydrogen) atoms. The highest BCUT2D eigenvalue weighted by molar-refractivity contribution is 5.95. The lowest BCUT2D eigenvalue weighted by Crippen LogP contribution is -2.58. The van der Waals surface area contributed by atoms with Crippen molar-refractivity contribution in [1.29, 1.82) is 0 Å². The molecule has 8 nitrogen and oxygen atoms in total. The first kappa shape index (κ1) is 34.4. The zero-order valence-corrected chi connectivity index (χ0v) is 27.3. The van der Waals surface area contributed by atoms with Crippen molar-refractivity contribution in [2.45, 2.75) is 89.9 Å². The molecule has 1 fully saturated rings. The third kappa shape index (κ3) is 9.28. The van der Waals surface area contributed by atoms with E-state index >= 15 is 0 Å². The second-order valence-corrected chi connectivity index (χ2v) is 12.6. The molecule has 0 spiro atoms. The molecule has 244 valence electrons. The van der Waals surface area contributed by atoms with Crippen molar-refractivity contribution < 1.29 is 23.9 Å². The molecule has 3 aromatic carbocycles. The summed E-state index contributed by atoms with van der Waals surface area (Å²) in [7, 11) is 0. The van der Waals surface area contributed by atoms with Gasteiger partial charge in [-0.05, 0) is 34.9 Å². The Kier molecular flexibility index (Phi) is 12.5. The van der Waals surface area contributed by atoms with Crippen molar-refractivity contribution in [1.82, 2.24) is 16.0 Å². The van der Waals surface area contributed by atoms with Gasteiger partial charge >= 0.3 is 5.97 Å². The smallest absolute Gasteiger partial charge is 0.329 e. The van der Waals surface area contributed by atoms with E-state index in [2.05, 4.69) is 22.9 Å². The minimum absolute atomic E-state index is 0.115. The van der Waals surface area contributed by atoms with E-state index in [9.17, 15) is 19.2 Å². The fraction of sp³-hybridized carbons (Fsp3) is 0.421. The summed E-state index contributed by atoms with van der Waals surface area (Å²) in [6.45, 7) is 7.72. The maximum Gasteiger partial charge on any atom is 0.329 e. The molecule has 4 rings (SSSR count). The van der Waals surface area contributed by atoms with E-state index in [4.69, 9.17) is 4.74 Å². The predicted molar refractivity (Wildman–Crippen MR) is 179 cm³/mol. The highest BCUT2D eigenvalue weighted by Gasteiger charge is 2.38. The molecule has 3 aromatic rings. The summed E-state index contributed by atoms with van der Waals surface area (Å²) in [6.07, 6.45) is 1.97. The van der Waals surface area contributed by atoms with Gasteiger partial charge in [-0.1, -0.05) is 132 Å². The molecule has 0 aliphatic carbocycles. The number of unbranched alkanes of at least 4 members (excludes halogenated alkanes) is 1. The van der Waals surface area contributed by atoms with Crippen molar-refractivity contribution in [2.24, 2.45) is 11.8 Å². The quantitative estimate of drug-likeness (QED) is 0.264. The highest BCUT2D eigenvalue weighted by Crippen LogP contribution is 2.29. The van der Waals surface area contributed by atoms with E-state index < -0.39 is 53.8 Å². The first-order valence-corrected chi connectivity index (χ1v) is 16.4. The van der Waals surface area contributed by atoms with E-state index in [0.717, 1.165) is 36.0 Å². The summed E-state index contributed by atoms with van der Waals surface area (Å²) in [6, 6.07) is 25.5. The minimum atomic E-state index is -1.05. The number of hydrogen-bond acceptors (Lipinski definition) is 5. The summed E-state index contributed by atoms with van der Waals surface area (Å²) < 4.78 is 6.09. The monoisotopic (exact) mass is 625 g/mol. The number of carbonyl (C=O) groups is 4. The second kappa shape index (κ2) is 16.7. The van der Waals surface area contributed by atoms with Crippen LogP contribution >= 0.6 is 0 Å². The van der Waals surface area contributed by atoms with Gasteiger partial charge in [-0.2, -0.15) is 0 Å². The molecular weight excluding hydrogens is 578 g/mol. The maximum atomic E-state index is 14.3. The van der Waals surface area contributed by atoms with Crippen molar-refractivity contribution in [3.05, 3.63) is 108 Å². The maximum absolute atomic E-state index is 14.3. The van der Waals surface area contributed by atoms with E-state index in [0.29, 0.717) is 0 Å². The molecule has 8 heteroatoms. The van der Waals surface area contributed by atoms with Gasteiger partial charge in [0, 0.05) is 12.3 Å². The van der Waals surface area contributed by atoms with Gasteiger partial charge in [-0.25, -0.2) is 4.79 Å². The van der Waals surface area contributed by atoms with Gasteiger partial charge in [0.1, 0.15) is 24.2 Å². The third-order valence-electron chi connectivity index (χ3n) is 8.68. The Morgan fingerprint density at radius 2 is 1.26 bits per heavy atom. The number of nitrogens with one attached hydrogen (secondary N) is 3. The van der Waals surface area contributed by atoms with Crippen LogP contribution in [0, 0.1) is 11.8 Å². The summed E-state index contributed by atoms with van der Waals surface area (Å²) in [4.78, 5) is 55.8. The second-order valence-electron chi connectivity index (χ2n) is 12.6. The average molecular weight is 626 g/mol. The lowest BCUT2D eigenvalue weighted by molar-refractivity contribution is -0.157. The standard InChI is InChI=1S/C38H47N3O5/c1-5-6-16-26(4)31-24-32(42)40-35(33(28-19-12-8-13-20-28)29-21-14-9-15-22-29)37(44)41-34(25(2)3)36(43)39-30(38(45)46-31)23-27-17-10-7-11-18-27/h7-15,17-22,25-26,30-31,33-35H,5-6,16,23-24H2,1-4H3,(H,39,43)(H,40,42)(H,41,44)/t26-,30+,31-,34+,35+/m0/s1. The summed E-state index contributed by atoms with van der Waals surface area (Å²) >= 11 is 0. The number of benzene rings is 3. The summed E-state index contributed by atoms with van der Waals surface area (Å²) in [5.41, 5.74) is 2.53. The van der Waals surface area contributed by atoms with E-state index in [1.807, 2.05) is 112 Å². The van der Waals surface area contributed by atoms with Crippen LogP contribution in [-0.4, -0.2) is 47.9 Å². The number of hydrogen-bond donors (Lipinski definition) is 3. The summed E-state index contributed by atoms with van der Waals surface area (Å²) in [5, 5.41) is 8.84. The van der Waals surface area contributed by atoms with Crippen LogP contribution in [-0.2, 0) is 30.3 Å². The molecule has 3 amide bonds. The van der Waals surface area contributed by atoms with Crippen LogP contribution in [0.3, 0.4) is 0 Å². The number of carbonyl (C=O) groups excluding carboxylic acids is 4. The topological polar surface area (TPSA) is 114 Å². The third-order valence-corrected chi connectivity index (χ3v) is 8.68. The molecule has 0 saturated carbocycles. The zero-order valence-electron chi connectivity index (χ0n) is 27.3. The molecule has 0 aromatic heterocycles. The fourth-order valence-corrected chi connectivity index (χ4v) is 6.00. The molecule has 1 aliphatic rings. The van der Waals surface area contributed by atoms with E-state index in [1.54, 1.807) is 0 Å². The van der Waals surface area contributed by atoms with Gasteiger partial charge in [0.2, 0.25) is 17.7 Å². The van der Waals surface area contributed by atoms with Crippen molar-refractivity contribution in [3.8, 4) is 0 Å². The van der Waals surface area contributed by atoms with Gasteiger partial charge < -0.3 is 20.7 Å². The van der Waals surface area contributed by atoms with Gasteiger partial charge in [-0.15, -0.1) is 0 Å². The molecular formula is C38H47N3O5. The highest BCUT2D eigenvalue weighted by atomic mass is 16.5. The Morgan fingerprint density at radius 1 is 0.717 bits per heavy atom. The van der Waals surface area contributed by atoms with Crippen molar-refractivity contribution in [2.75, 3.05) is 0 Å². The van der Waals surface area contributed by atoms with Crippen LogP contribution in [0.1, 0.15) is 76.0 Å². The lowest BCUT2D eigenvalue weighted by atomic mass is 9.84. The average Bonchev–Trinajstić information content (AvgIpc) is 3.06. The predicted octanol–water partition coefficient (Wildman–Crippen LogP) is 5.31. The fourth-order valence-electron chi connectivity index (χ4n) is 6.00. The van der Waals surface area contributed by atoms with Gasteiger partial charge in [-0.3, -0.25) is 14.4 Å². The van der Waals surface area contributed by atoms with Gasteiger partial charge in [0.25, 0.3) is 0 Å². The van der Waals surface area contributed by atoms with Gasteiger partial charge in [0.15, 0.2) is 0 Å². The first-order valence-electron chi connectivity index (χ1n) is 16.4. The number of amides is 3. The lowest BCUT2D eigenvalue weighted by Gasteiger charge is -2.31. The Bertz CT molecular complexity index is 1390. The molecule has 1 saturated heterocycles. The zero-order chi connectivity index (χ0) is 33.1. The van der Waals surface area contributed by atoms with Crippen molar-refractivity contribution in [3.63, 3.8) is 0 Å². The van der Waals surface area contributed by atoms with Gasteiger partial charge in [0.05, 0.1) is 6.42 Å². The SMILES string of the molecule is CCCC[C@H](C)[C@@H]1CC(=O)N[C@H](C(c2ccccc2)c2ccccc2)C(=O)N[C@H](C(C)C)C(=O)N[C@H](Cc2ccccc2)C(=O)O1. The van der Waals surface area contributed by atoms with Crippen LogP contribution in [0.2, 0.25) is 0 Å². The molecule has 3 N–H and O–H groups in total. The first-order chi connectivity index (χ1) is 22.2. The number of cyclic esters (lactones) is 1. The minimum Gasteiger partial charge on any atom is -0.460 e. The number of rotatable bonds is 10. The molecule has 0 bridgehead atoms. The van der Waals surface area contributed by atoms with Crippen molar-refractivity contribution >= 4 is 23.7 Å². The Hall–Kier alpha value is -4.46. The molecule has 1 aliphatic heterocycles. The number of ether oxygens (including phenoxy) is 1. The Labute approximate surface area is 272 Å². The van der Waals surface area contributed by atoms with E-state index in [1.165, 1.54) is 0 Å². The van der Waals surface area contributed by atoms with Crippen LogP contribution in [0.15, 0.2) is 91.0 Å². The van der Waals surface area contributed by atoms with Crippen LogP contribution in [0.25, 0.3) is 0 Å². The molecule has 5 atom stereocenters. The Morgan fingerprint density at radius 3 is 1.80 bits per heavy atom. The molecule has 0 radical (unpaired) electrons. The number of esters is 1. The Balaban J connectivity index is 1.78. The largest absolute Gasteiger partial charge is 0.460 e. The van der Waals surface area contributed by atoms with E-state index in [-0.39, 0.29) is 24.7 Å². The molecule has 0 unspecified atom stereocenters. The molecule has 1 heterocycles. The van der Waals surface area contributed by atoms with Crippen LogP contribution in [0.5, 0.6) is 0 Å².